The second-order valence-corrected chi connectivity index (χ2v) is 11.3. The summed E-state index contributed by atoms with van der Waals surface area (Å²) >= 11 is 12.4. The molecular weight excluding hydrogens is 497 g/mol. The van der Waals surface area contributed by atoms with Crippen LogP contribution >= 0.6 is 23.2 Å². The number of halogens is 2. The van der Waals surface area contributed by atoms with Crippen LogP contribution in [0, 0.1) is 0 Å². The molecule has 2 aromatic carbocycles. The molecule has 1 N–H and O–H groups in total. The third kappa shape index (κ3) is 6.87. The Hall–Kier alpha value is -2.29. The molecule has 1 aliphatic rings. The number of para-hydroxylation sites is 1. The summed E-state index contributed by atoms with van der Waals surface area (Å²) in [5, 5.41) is 3.73. The van der Waals surface area contributed by atoms with E-state index in [4.69, 9.17) is 23.2 Å². The largest absolute Gasteiger partial charge is 0.352 e. The lowest BCUT2D eigenvalue weighted by molar-refractivity contribution is -0.139. The van der Waals surface area contributed by atoms with Crippen molar-refractivity contribution >= 4 is 50.7 Å². The van der Waals surface area contributed by atoms with Gasteiger partial charge in [-0.15, -0.1) is 0 Å². The molecule has 2 amide bonds. The van der Waals surface area contributed by atoms with Gasteiger partial charge >= 0.3 is 0 Å². The topological polar surface area (TPSA) is 86.8 Å². The molecule has 0 heterocycles. The Bertz CT molecular complexity index is 1140. The number of carbonyl (C=O) groups excluding carboxylic acids is 2. The maximum atomic E-state index is 13.5. The van der Waals surface area contributed by atoms with E-state index in [1.54, 1.807) is 49.4 Å². The Labute approximate surface area is 211 Å². The number of hydrogen-bond donors (Lipinski definition) is 1. The van der Waals surface area contributed by atoms with Gasteiger partial charge in [0.25, 0.3) is 0 Å². The van der Waals surface area contributed by atoms with E-state index >= 15 is 0 Å². The Morgan fingerprint density at radius 1 is 1.09 bits per heavy atom. The third-order valence-corrected chi connectivity index (χ3v) is 7.59. The summed E-state index contributed by atoms with van der Waals surface area (Å²) < 4.78 is 26.1. The average molecular weight is 526 g/mol. The molecule has 1 unspecified atom stereocenters. The molecule has 1 atom stereocenters. The minimum absolute atomic E-state index is 0.0914. The Morgan fingerprint density at radius 2 is 1.76 bits per heavy atom. The lowest BCUT2D eigenvalue weighted by Crippen LogP contribution is -2.52. The number of amides is 2. The minimum Gasteiger partial charge on any atom is -0.352 e. The monoisotopic (exact) mass is 525 g/mol. The predicted octanol–water partition coefficient (Wildman–Crippen LogP) is 4.24. The van der Waals surface area contributed by atoms with E-state index in [9.17, 15) is 18.0 Å². The fourth-order valence-corrected chi connectivity index (χ4v) is 5.42. The van der Waals surface area contributed by atoms with Gasteiger partial charge in [-0.25, -0.2) is 8.42 Å². The molecule has 0 spiro atoms. The highest BCUT2D eigenvalue weighted by Gasteiger charge is 2.31. The van der Waals surface area contributed by atoms with Gasteiger partial charge in [0.1, 0.15) is 12.6 Å². The first kappa shape index (κ1) is 26.3. The van der Waals surface area contributed by atoms with Gasteiger partial charge in [-0.05, 0) is 49.6 Å². The fraction of sp³-hybridized carbons (Fsp3) is 0.417. The summed E-state index contributed by atoms with van der Waals surface area (Å²) in [7, 11) is -3.83. The highest BCUT2D eigenvalue weighted by molar-refractivity contribution is 7.92. The van der Waals surface area contributed by atoms with Crippen LogP contribution in [-0.2, 0) is 26.2 Å². The first-order valence-corrected chi connectivity index (χ1v) is 13.7. The third-order valence-electron chi connectivity index (χ3n) is 5.91. The lowest BCUT2D eigenvalue weighted by atomic mass is 10.1. The van der Waals surface area contributed by atoms with Gasteiger partial charge in [0.05, 0.1) is 17.0 Å². The molecule has 1 saturated carbocycles. The molecule has 10 heteroatoms. The normalized spacial score (nSPS) is 15.1. The Morgan fingerprint density at radius 3 is 2.38 bits per heavy atom. The highest BCUT2D eigenvalue weighted by Crippen LogP contribution is 2.27. The molecule has 0 saturated heterocycles. The van der Waals surface area contributed by atoms with Gasteiger partial charge in [-0.3, -0.25) is 13.9 Å². The van der Waals surface area contributed by atoms with Crippen molar-refractivity contribution in [3.05, 3.63) is 64.1 Å². The molecule has 2 aromatic rings. The summed E-state index contributed by atoms with van der Waals surface area (Å²) in [6, 6.07) is 12.7. The van der Waals surface area contributed by atoms with Crippen molar-refractivity contribution in [1.29, 1.82) is 0 Å². The Kier molecular flexibility index (Phi) is 8.84. The quantitative estimate of drug-likeness (QED) is 0.530. The van der Waals surface area contributed by atoms with Crippen molar-refractivity contribution in [2.24, 2.45) is 0 Å². The van der Waals surface area contributed by atoms with Crippen LogP contribution in [0.1, 0.15) is 38.2 Å². The summed E-state index contributed by atoms with van der Waals surface area (Å²) in [5.74, 6) is -0.801. The van der Waals surface area contributed by atoms with E-state index in [0.717, 1.165) is 41.8 Å². The first-order chi connectivity index (χ1) is 16.1. The maximum absolute atomic E-state index is 13.5. The van der Waals surface area contributed by atoms with Gasteiger partial charge in [0.15, 0.2) is 0 Å². The van der Waals surface area contributed by atoms with Crippen molar-refractivity contribution in [3.63, 3.8) is 0 Å². The van der Waals surface area contributed by atoms with E-state index < -0.39 is 28.5 Å². The number of anilines is 1. The molecule has 1 aliphatic carbocycles. The average Bonchev–Trinajstić information content (AvgIpc) is 3.28. The molecule has 34 heavy (non-hydrogen) atoms. The van der Waals surface area contributed by atoms with E-state index in [1.165, 1.54) is 11.0 Å². The van der Waals surface area contributed by atoms with Crippen LogP contribution in [0.5, 0.6) is 0 Å². The summed E-state index contributed by atoms with van der Waals surface area (Å²) in [4.78, 5) is 27.9. The summed E-state index contributed by atoms with van der Waals surface area (Å²) in [6.07, 6.45) is 4.96. The maximum Gasteiger partial charge on any atom is 0.244 e. The second kappa shape index (κ2) is 11.4. The van der Waals surface area contributed by atoms with Gasteiger partial charge < -0.3 is 10.2 Å². The van der Waals surface area contributed by atoms with E-state index in [2.05, 4.69) is 5.32 Å². The van der Waals surface area contributed by atoms with Crippen molar-refractivity contribution in [2.75, 3.05) is 17.1 Å². The van der Waals surface area contributed by atoms with Crippen LogP contribution in [-0.4, -0.2) is 50.0 Å². The first-order valence-electron chi connectivity index (χ1n) is 11.1. The molecule has 0 aromatic heterocycles. The van der Waals surface area contributed by atoms with Crippen LogP contribution in [0.2, 0.25) is 10.0 Å². The number of sulfonamides is 1. The molecule has 1 fully saturated rings. The molecule has 184 valence electrons. The van der Waals surface area contributed by atoms with Gasteiger partial charge in [0, 0.05) is 17.6 Å². The zero-order valence-electron chi connectivity index (χ0n) is 19.2. The minimum atomic E-state index is -3.83. The number of nitrogens with zero attached hydrogens (tertiary/aromatic N) is 2. The van der Waals surface area contributed by atoms with Gasteiger partial charge in [0.2, 0.25) is 21.8 Å². The predicted molar refractivity (Wildman–Crippen MR) is 136 cm³/mol. The van der Waals surface area contributed by atoms with E-state index in [-0.39, 0.29) is 29.2 Å². The molecular formula is C24H29Cl2N3O4S. The van der Waals surface area contributed by atoms with Crippen molar-refractivity contribution in [3.8, 4) is 0 Å². The molecule has 0 bridgehead atoms. The van der Waals surface area contributed by atoms with Crippen LogP contribution in [0.25, 0.3) is 0 Å². The van der Waals surface area contributed by atoms with E-state index in [1.807, 2.05) is 0 Å². The standard InChI is InChI=1S/C24H29Cl2N3O4S/c1-17(24(31)27-20-10-3-4-11-20)28(15-18-8-7-9-19(25)14-18)23(30)16-29(34(2,32)33)22-13-6-5-12-21(22)26/h5-9,12-14,17,20H,3-4,10-11,15-16H2,1-2H3,(H,27,31). The zero-order chi connectivity index (χ0) is 24.9. The summed E-state index contributed by atoms with van der Waals surface area (Å²) in [6.45, 7) is 1.25. The lowest BCUT2D eigenvalue weighted by Gasteiger charge is -2.32. The van der Waals surface area contributed by atoms with Crippen LogP contribution in [0.4, 0.5) is 5.69 Å². The second-order valence-electron chi connectivity index (χ2n) is 8.54. The number of benzene rings is 2. The fourth-order valence-electron chi connectivity index (χ4n) is 4.06. The Balaban J connectivity index is 1.89. The van der Waals surface area contributed by atoms with Crippen molar-refractivity contribution < 1.29 is 18.0 Å². The summed E-state index contributed by atoms with van der Waals surface area (Å²) in [5.41, 5.74) is 0.927. The van der Waals surface area contributed by atoms with Crippen LogP contribution in [0.3, 0.4) is 0 Å². The molecule has 0 aliphatic heterocycles. The van der Waals surface area contributed by atoms with Crippen molar-refractivity contribution in [2.45, 2.75) is 51.2 Å². The van der Waals surface area contributed by atoms with Crippen LogP contribution < -0.4 is 9.62 Å². The smallest absolute Gasteiger partial charge is 0.244 e. The number of rotatable bonds is 9. The van der Waals surface area contributed by atoms with Crippen LogP contribution in [0.15, 0.2) is 48.5 Å². The van der Waals surface area contributed by atoms with Gasteiger partial charge in [-0.1, -0.05) is 60.3 Å². The zero-order valence-corrected chi connectivity index (χ0v) is 21.5. The van der Waals surface area contributed by atoms with Gasteiger partial charge in [-0.2, -0.15) is 0 Å². The number of carbonyl (C=O) groups is 2. The number of hydrogen-bond acceptors (Lipinski definition) is 4. The highest BCUT2D eigenvalue weighted by atomic mass is 35.5. The van der Waals surface area contributed by atoms with Crippen molar-refractivity contribution in [1.82, 2.24) is 10.2 Å². The molecule has 0 radical (unpaired) electrons. The molecule has 7 nitrogen and oxygen atoms in total. The van der Waals surface area contributed by atoms with E-state index in [0.29, 0.717) is 5.02 Å². The molecule has 3 rings (SSSR count). The SMILES string of the molecule is CC(C(=O)NC1CCCC1)N(Cc1cccc(Cl)c1)C(=O)CN(c1ccccc1Cl)S(C)(=O)=O. The number of nitrogens with one attached hydrogen (secondary N) is 1.